The second-order valence-corrected chi connectivity index (χ2v) is 6.83. The number of halogens is 1. The molecule has 3 N–H and O–H groups in total. The van der Waals surface area contributed by atoms with E-state index in [9.17, 15) is 14.4 Å². The molecule has 0 atom stereocenters. The number of amides is 3. The number of nitrogens with one attached hydrogen (secondary N) is 3. The lowest BCUT2D eigenvalue weighted by Gasteiger charge is -2.11. The second kappa shape index (κ2) is 10.3. The zero-order valence-electron chi connectivity index (χ0n) is 16.0. The van der Waals surface area contributed by atoms with E-state index in [4.69, 9.17) is 16.0 Å². The standard InChI is InChI=1S/C22H20ClN3O4/c23-16-9-7-15(8-10-16)11-12-24-21(28)22(29)26-19-6-2-1-5-18(19)20(27)25-14-17-4-3-13-30-17/h1-10,13H,11-12,14H2,(H,24,28)(H,25,27)(H,26,29). The van der Waals surface area contributed by atoms with Gasteiger partial charge in [-0.05, 0) is 48.4 Å². The molecule has 3 rings (SSSR count). The van der Waals surface area contributed by atoms with Crippen molar-refractivity contribution >= 4 is 35.0 Å². The molecule has 3 aromatic rings. The van der Waals surface area contributed by atoms with Crippen LogP contribution in [0.4, 0.5) is 5.69 Å². The van der Waals surface area contributed by atoms with Gasteiger partial charge in [-0.25, -0.2) is 0 Å². The van der Waals surface area contributed by atoms with Crippen LogP contribution in [0.25, 0.3) is 0 Å². The lowest BCUT2D eigenvalue weighted by Crippen LogP contribution is -2.37. The molecule has 1 aromatic heterocycles. The molecule has 0 fully saturated rings. The summed E-state index contributed by atoms with van der Waals surface area (Å²) in [6.07, 6.45) is 2.07. The Morgan fingerprint density at radius 1 is 0.867 bits per heavy atom. The van der Waals surface area contributed by atoms with Gasteiger partial charge in [0.2, 0.25) is 0 Å². The SMILES string of the molecule is O=C(NCCc1ccc(Cl)cc1)C(=O)Nc1ccccc1C(=O)NCc1ccco1. The minimum atomic E-state index is -0.850. The Bertz CT molecular complexity index is 1020. The number of rotatable bonds is 7. The molecule has 0 unspecified atom stereocenters. The van der Waals surface area contributed by atoms with Gasteiger partial charge in [0.1, 0.15) is 5.76 Å². The average molecular weight is 426 g/mol. The van der Waals surface area contributed by atoms with Gasteiger partial charge >= 0.3 is 11.8 Å². The summed E-state index contributed by atoms with van der Waals surface area (Å²) in [4.78, 5) is 36.8. The summed E-state index contributed by atoms with van der Waals surface area (Å²) in [6, 6.07) is 17.1. The van der Waals surface area contributed by atoms with Gasteiger partial charge in [0, 0.05) is 11.6 Å². The summed E-state index contributed by atoms with van der Waals surface area (Å²) in [5, 5.41) is 8.39. The van der Waals surface area contributed by atoms with Crippen LogP contribution in [0.5, 0.6) is 0 Å². The van der Waals surface area contributed by atoms with Crippen LogP contribution in [0, 0.1) is 0 Å². The Labute approximate surface area is 178 Å². The molecule has 3 amide bonds. The molecule has 7 nitrogen and oxygen atoms in total. The normalized spacial score (nSPS) is 10.3. The topological polar surface area (TPSA) is 100 Å². The maximum atomic E-state index is 12.5. The molecule has 1 heterocycles. The molecule has 2 aromatic carbocycles. The van der Waals surface area contributed by atoms with Crippen LogP contribution in [0.1, 0.15) is 21.7 Å². The van der Waals surface area contributed by atoms with E-state index in [1.165, 1.54) is 6.26 Å². The summed E-state index contributed by atoms with van der Waals surface area (Å²) in [5.74, 6) is -1.43. The van der Waals surface area contributed by atoms with Crippen LogP contribution >= 0.6 is 11.6 Å². The van der Waals surface area contributed by atoms with Crippen LogP contribution in [0.15, 0.2) is 71.3 Å². The van der Waals surface area contributed by atoms with Crippen molar-refractivity contribution in [1.82, 2.24) is 10.6 Å². The smallest absolute Gasteiger partial charge is 0.313 e. The Hall–Kier alpha value is -3.58. The van der Waals surface area contributed by atoms with Gasteiger partial charge in [-0.15, -0.1) is 0 Å². The first-order chi connectivity index (χ1) is 14.5. The highest BCUT2D eigenvalue weighted by atomic mass is 35.5. The molecule has 0 saturated heterocycles. The van der Waals surface area contributed by atoms with E-state index in [1.807, 2.05) is 12.1 Å². The number of para-hydroxylation sites is 1. The average Bonchev–Trinajstić information content (AvgIpc) is 3.27. The van der Waals surface area contributed by atoms with Gasteiger partial charge in [-0.3, -0.25) is 14.4 Å². The predicted octanol–water partition coefficient (Wildman–Crippen LogP) is 3.16. The highest BCUT2D eigenvalue weighted by Crippen LogP contribution is 2.15. The van der Waals surface area contributed by atoms with Crippen LogP contribution < -0.4 is 16.0 Å². The monoisotopic (exact) mass is 425 g/mol. The zero-order chi connectivity index (χ0) is 21.3. The van der Waals surface area contributed by atoms with E-state index >= 15 is 0 Å². The van der Waals surface area contributed by atoms with E-state index in [1.54, 1.807) is 48.5 Å². The quantitative estimate of drug-likeness (QED) is 0.506. The number of hydrogen-bond acceptors (Lipinski definition) is 4. The van der Waals surface area contributed by atoms with E-state index in [0.717, 1.165) is 5.56 Å². The summed E-state index contributed by atoms with van der Waals surface area (Å²) in [7, 11) is 0. The van der Waals surface area contributed by atoms with Gasteiger partial charge in [0.05, 0.1) is 24.1 Å². The van der Waals surface area contributed by atoms with Crippen LogP contribution in [-0.4, -0.2) is 24.3 Å². The predicted molar refractivity (Wildman–Crippen MR) is 113 cm³/mol. The van der Waals surface area contributed by atoms with Crippen molar-refractivity contribution in [2.45, 2.75) is 13.0 Å². The van der Waals surface area contributed by atoms with Crippen molar-refractivity contribution in [3.8, 4) is 0 Å². The van der Waals surface area contributed by atoms with Crippen LogP contribution in [0.3, 0.4) is 0 Å². The fourth-order valence-corrected chi connectivity index (χ4v) is 2.82. The fourth-order valence-electron chi connectivity index (χ4n) is 2.70. The first kappa shape index (κ1) is 21.1. The zero-order valence-corrected chi connectivity index (χ0v) is 16.7. The lowest BCUT2D eigenvalue weighted by molar-refractivity contribution is -0.136. The number of hydrogen-bond donors (Lipinski definition) is 3. The molecule has 0 aliphatic carbocycles. The molecule has 0 aliphatic rings. The molecule has 30 heavy (non-hydrogen) atoms. The van der Waals surface area contributed by atoms with Gasteiger partial charge in [0.25, 0.3) is 5.91 Å². The highest BCUT2D eigenvalue weighted by Gasteiger charge is 2.17. The molecular weight excluding hydrogens is 406 g/mol. The number of benzene rings is 2. The molecule has 8 heteroatoms. The minimum absolute atomic E-state index is 0.208. The number of carbonyl (C=O) groups is 3. The van der Waals surface area contributed by atoms with Gasteiger partial charge < -0.3 is 20.4 Å². The van der Waals surface area contributed by atoms with E-state index < -0.39 is 17.7 Å². The maximum Gasteiger partial charge on any atom is 0.313 e. The Kier molecular flexibility index (Phi) is 7.24. The van der Waals surface area contributed by atoms with E-state index in [-0.39, 0.29) is 17.8 Å². The largest absolute Gasteiger partial charge is 0.467 e. The minimum Gasteiger partial charge on any atom is -0.467 e. The molecule has 0 saturated carbocycles. The van der Waals surface area contributed by atoms with Crippen molar-refractivity contribution in [3.63, 3.8) is 0 Å². The van der Waals surface area contributed by atoms with E-state index in [2.05, 4.69) is 16.0 Å². The van der Waals surface area contributed by atoms with Crippen molar-refractivity contribution in [3.05, 3.63) is 88.8 Å². The van der Waals surface area contributed by atoms with Crippen LogP contribution in [-0.2, 0) is 22.6 Å². The number of furan rings is 1. The molecule has 154 valence electrons. The number of anilines is 1. The summed E-state index contributed by atoms with van der Waals surface area (Å²) in [5.41, 5.74) is 1.47. The number of carbonyl (C=O) groups excluding carboxylic acids is 3. The molecule has 0 spiro atoms. The lowest BCUT2D eigenvalue weighted by atomic mass is 10.1. The third-order valence-electron chi connectivity index (χ3n) is 4.24. The summed E-state index contributed by atoms with van der Waals surface area (Å²) in [6.45, 7) is 0.498. The molecule has 0 radical (unpaired) electrons. The first-order valence-electron chi connectivity index (χ1n) is 9.26. The fraction of sp³-hybridized carbons (Fsp3) is 0.136. The highest BCUT2D eigenvalue weighted by molar-refractivity contribution is 6.40. The maximum absolute atomic E-state index is 12.5. The molecule has 0 aliphatic heterocycles. The third kappa shape index (κ3) is 5.96. The second-order valence-electron chi connectivity index (χ2n) is 6.39. The third-order valence-corrected chi connectivity index (χ3v) is 4.49. The Balaban J connectivity index is 1.53. The summed E-state index contributed by atoms with van der Waals surface area (Å²) < 4.78 is 5.18. The van der Waals surface area contributed by atoms with Crippen molar-refractivity contribution < 1.29 is 18.8 Å². The Morgan fingerprint density at radius 3 is 2.37 bits per heavy atom. The Morgan fingerprint density at radius 2 is 1.63 bits per heavy atom. The first-order valence-corrected chi connectivity index (χ1v) is 9.64. The summed E-state index contributed by atoms with van der Waals surface area (Å²) >= 11 is 5.84. The van der Waals surface area contributed by atoms with Crippen LogP contribution in [0.2, 0.25) is 5.02 Å². The van der Waals surface area contributed by atoms with Crippen molar-refractivity contribution in [1.29, 1.82) is 0 Å². The van der Waals surface area contributed by atoms with E-state index in [0.29, 0.717) is 23.7 Å². The molecular formula is C22H20ClN3O4. The van der Waals surface area contributed by atoms with Gasteiger partial charge in [-0.2, -0.15) is 0 Å². The van der Waals surface area contributed by atoms with Gasteiger partial charge in [0.15, 0.2) is 0 Å². The molecule has 0 bridgehead atoms. The van der Waals surface area contributed by atoms with Gasteiger partial charge in [-0.1, -0.05) is 35.9 Å². The van der Waals surface area contributed by atoms with Crippen molar-refractivity contribution in [2.24, 2.45) is 0 Å². The van der Waals surface area contributed by atoms with Crippen molar-refractivity contribution in [2.75, 3.05) is 11.9 Å².